The Kier molecular flexibility index (Phi) is 5.94. The van der Waals surface area contributed by atoms with Crippen LogP contribution in [-0.4, -0.2) is 48.3 Å². The van der Waals surface area contributed by atoms with Crippen molar-refractivity contribution in [3.63, 3.8) is 0 Å². The topological polar surface area (TPSA) is 110 Å². The smallest absolute Gasteiger partial charge is 0.274 e. The van der Waals surface area contributed by atoms with Crippen LogP contribution in [0.5, 0.6) is 0 Å². The summed E-state index contributed by atoms with van der Waals surface area (Å²) in [5.41, 5.74) is 3.78. The molecule has 1 aromatic carbocycles. The van der Waals surface area contributed by atoms with E-state index in [1.807, 2.05) is 4.90 Å². The fourth-order valence-electron chi connectivity index (χ4n) is 2.63. The number of anilines is 1. The average Bonchev–Trinajstić information content (AvgIpc) is 2.68. The van der Waals surface area contributed by atoms with Crippen molar-refractivity contribution in [2.75, 3.05) is 31.2 Å². The van der Waals surface area contributed by atoms with E-state index in [1.54, 1.807) is 12.1 Å². The molecule has 0 unspecified atom stereocenters. The van der Waals surface area contributed by atoms with Crippen LogP contribution < -0.4 is 10.3 Å². The van der Waals surface area contributed by atoms with Crippen LogP contribution in [0.15, 0.2) is 41.6 Å². The number of amides is 1. The average molecular weight is 390 g/mol. The van der Waals surface area contributed by atoms with Gasteiger partial charge in [0.1, 0.15) is 5.15 Å². The molecule has 2 aromatic rings. The summed E-state index contributed by atoms with van der Waals surface area (Å²) in [6, 6.07) is 7.63. The van der Waals surface area contributed by atoms with Gasteiger partial charge < -0.3 is 9.64 Å². The van der Waals surface area contributed by atoms with Gasteiger partial charge in [-0.3, -0.25) is 14.9 Å². The van der Waals surface area contributed by atoms with Crippen LogP contribution in [0.25, 0.3) is 0 Å². The van der Waals surface area contributed by atoms with E-state index in [2.05, 4.69) is 15.5 Å². The van der Waals surface area contributed by atoms with Gasteiger partial charge in [0, 0.05) is 42.7 Å². The molecule has 140 valence electrons. The highest BCUT2D eigenvalue weighted by atomic mass is 35.5. The minimum atomic E-state index is -0.525. The molecule has 9 nitrogen and oxygen atoms in total. The molecule has 3 rings (SSSR count). The van der Waals surface area contributed by atoms with Gasteiger partial charge in [-0.2, -0.15) is 5.10 Å². The molecule has 1 aliphatic rings. The van der Waals surface area contributed by atoms with Crippen molar-refractivity contribution in [3.8, 4) is 0 Å². The summed E-state index contributed by atoms with van der Waals surface area (Å²) in [6.45, 7) is 2.47. The third-order valence-electron chi connectivity index (χ3n) is 3.95. The van der Waals surface area contributed by atoms with Gasteiger partial charge in [-0.25, -0.2) is 10.4 Å². The fraction of sp³-hybridized carbons (Fsp3) is 0.235. The maximum atomic E-state index is 12.1. The molecule has 1 saturated heterocycles. The number of nitrogens with zero attached hydrogens (tertiary/aromatic N) is 4. The standard InChI is InChI=1S/C17H16ClN5O4/c18-16-14(2-1-5-19-16)17(24)21-20-11-12-10-13(23(25)26)3-4-15(12)22-6-8-27-9-7-22/h1-5,10-11H,6-9H2,(H,21,24). The largest absolute Gasteiger partial charge is 0.378 e. The summed E-state index contributed by atoms with van der Waals surface area (Å²) >= 11 is 5.88. The molecular formula is C17H16ClN5O4. The Labute approximate surface area is 159 Å². The molecule has 10 heteroatoms. The second kappa shape index (κ2) is 8.56. The third kappa shape index (κ3) is 4.57. The van der Waals surface area contributed by atoms with Crippen molar-refractivity contribution in [1.82, 2.24) is 10.4 Å². The zero-order valence-electron chi connectivity index (χ0n) is 14.2. The van der Waals surface area contributed by atoms with Crippen LogP contribution in [0.1, 0.15) is 15.9 Å². The summed E-state index contributed by atoms with van der Waals surface area (Å²) in [6.07, 6.45) is 2.85. The molecule has 2 heterocycles. The first-order chi connectivity index (χ1) is 13.1. The molecule has 1 amide bonds. The van der Waals surface area contributed by atoms with Crippen LogP contribution in [0.4, 0.5) is 11.4 Å². The van der Waals surface area contributed by atoms with Crippen LogP contribution in [-0.2, 0) is 4.74 Å². The highest BCUT2D eigenvalue weighted by Gasteiger charge is 2.17. The number of hydrazone groups is 1. The Balaban J connectivity index is 1.82. The SMILES string of the molecule is O=C(NN=Cc1cc([N+](=O)[O-])ccc1N1CCOCC1)c1cccnc1Cl. The molecule has 27 heavy (non-hydrogen) atoms. The minimum absolute atomic E-state index is 0.0601. The number of halogens is 1. The van der Waals surface area contributed by atoms with Gasteiger partial charge in [0.25, 0.3) is 11.6 Å². The number of nitro benzene ring substituents is 1. The van der Waals surface area contributed by atoms with Crippen molar-refractivity contribution in [2.45, 2.75) is 0 Å². The number of hydrogen-bond donors (Lipinski definition) is 1. The Morgan fingerprint density at radius 2 is 2.15 bits per heavy atom. The number of benzene rings is 1. The van der Waals surface area contributed by atoms with E-state index in [-0.39, 0.29) is 16.4 Å². The number of hydrogen-bond acceptors (Lipinski definition) is 7. The first-order valence-corrected chi connectivity index (χ1v) is 8.49. The number of nitrogens with one attached hydrogen (secondary N) is 1. The second-order valence-corrected chi connectivity index (χ2v) is 6.00. The van der Waals surface area contributed by atoms with E-state index in [9.17, 15) is 14.9 Å². The normalized spacial score (nSPS) is 14.3. The zero-order chi connectivity index (χ0) is 19.2. The quantitative estimate of drug-likeness (QED) is 0.363. The van der Waals surface area contributed by atoms with Crippen molar-refractivity contribution in [1.29, 1.82) is 0 Å². The van der Waals surface area contributed by atoms with E-state index >= 15 is 0 Å². The number of pyridine rings is 1. The van der Waals surface area contributed by atoms with E-state index in [4.69, 9.17) is 16.3 Å². The summed E-state index contributed by atoms with van der Waals surface area (Å²) in [7, 11) is 0. The Morgan fingerprint density at radius 1 is 1.37 bits per heavy atom. The number of aromatic nitrogens is 1. The van der Waals surface area contributed by atoms with Gasteiger partial charge >= 0.3 is 0 Å². The Morgan fingerprint density at radius 3 is 2.85 bits per heavy atom. The predicted molar refractivity (Wildman–Crippen MR) is 100 cm³/mol. The van der Waals surface area contributed by atoms with Crippen molar-refractivity contribution in [2.24, 2.45) is 5.10 Å². The predicted octanol–water partition coefficient (Wildman–Crippen LogP) is 2.24. The van der Waals surface area contributed by atoms with Gasteiger partial charge in [0.05, 0.1) is 29.9 Å². The molecule has 0 aliphatic carbocycles. The maximum absolute atomic E-state index is 12.1. The summed E-state index contributed by atoms with van der Waals surface area (Å²) in [4.78, 5) is 28.6. The van der Waals surface area contributed by atoms with Crippen LogP contribution >= 0.6 is 11.6 Å². The molecule has 0 spiro atoms. The molecule has 0 saturated carbocycles. The Bertz CT molecular complexity index is 883. The molecule has 1 N–H and O–H groups in total. The summed E-state index contributed by atoms with van der Waals surface area (Å²) in [5, 5.41) is 15.1. The summed E-state index contributed by atoms with van der Waals surface area (Å²) in [5.74, 6) is -0.525. The fourth-order valence-corrected chi connectivity index (χ4v) is 2.83. The highest BCUT2D eigenvalue weighted by Crippen LogP contribution is 2.25. The van der Waals surface area contributed by atoms with Crippen LogP contribution in [0, 0.1) is 10.1 Å². The lowest BCUT2D eigenvalue weighted by molar-refractivity contribution is -0.384. The molecular weight excluding hydrogens is 374 g/mol. The number of carbonyl (C=O) groups excluding carboxylic acids is 1. The van der Waals surface area contributed by atoms with Crippen LogP contribution in [0.3, 0.4) is 0 Å². The number of ether oxygens (including phenoxy) is 1. The lowest BCUT2D eigenvalue weighted by atomic mass is 10.1. The molecule has 0 bridgehead atoms. The first kappa shape index (κ1) is 18.7. The van der Waals surface area contributed by atoms with Gasteiger partial charge in [-0.15, -0.1) is 0 Å². The van der Waals surface area contributed by atoms with E-state index < -0.39 is 10.8 Å². The van der Waals surface area contributed by atoms with Crippen molar-refractivity contribution in [3.05, 3.63) is 62.9 Å². The number of morpholine rings is 1. The molecule has 1 aromatic heterocycles. The minimum Gasteiger partial charge on any atom is -0.378 e. The molecule has 1 aliphatic heterocycles. The maximum Gasteiger partial charge on any atom is 0.274 e. The number of non-ortho nitro benzene ring substituents is 1. The summed E-state index contributed by atoms with van der Waals surface area (Å²) < 4.78 is 5.34. The zero-order valence-corrected chi connectivity index (χ0v) is 14.9. The first-order valence-electron chi connectivity index (χ1n) is 8.11. The van der Waals surface area contributed by atoms with Gasteiger partial charge in [0.2, 0.25) is 0 Å². The van der Waals surface area contributed by atoms with Gasteiger partial charge in [-0.05, 0) is 18.2 Å². The van der Waals surface area contributed by atoms with E-state index in [1.165, 1.54) is 30.6 Å². The molecule has 0 radical (unpaired) electrons. The molecule has 1 fully saturated rings. The molecule has 0 atom stereocenters. The number of rotatable bonds is 5. The lowest BCUT2D eigenvalue weighted by Gasteiger charge is -2.29. The Hall–Kier alpha value is -3.04. The number of nitro groups is 1. The highest BCUT2D eigenvalue weighted by molar-refractivity contribution is 6.32. The monoisotopic (exact) mass is 389 g/mol. The number of carbonyl (C=O) groups is 1. The van der Waals surface area contributed by atoms with E-state index in [0.29, 0.717) is 31.9 Å². The van der Waals surface area contributed by atoms with E-state index in [0.717, 1.165) is 5.69 Å². The van der Waals surface area contributed by atoms with Crippen LogP contribution in [0.2, 0.25) is 5.15 Å². The second-order valence-electron chi connectivity index (χ2n) is 5.64. The van der Waals surface area contributed by atoms with Crippen molar-refractivity contribution >= 4 is 35.1 Å². The van der Waals surface area contributed by atoms with Gasteiger partial charge in [-0.1, -0.05) is 11.6 Å². The lowest BCUT2D eigenvalue weighted by Crippen LogP contribution is -2.36. The van der Waals surface area contributed by atoms with Gasteiger partial charge in [0.15, 0.2) is 0 Å². The van der Waals surface area contributed by atoms with Crippen molar-refractivity contribution < 1.29 is 14.5 Å². The third-order valence-corrected chi connectivity index (χ3v) is 4.25.